The zero-order chi connectivity index (χ0) is 17.4. The number of fused-ring (bicyclic) bond motifs is 2. The first-order chi connectivity index (χ1) is 12.8. The number of rotatable bonds is 3. The Labute approximate surface area is 153 Å². The smallest absolute Gasteiger partial charge is 0.170 e. The molecule has 1 spiro atoms. The molecule has 2 saturated heterocycles. The van der Waals surface area contributed by atoms with Gasteiger partial charge in [-0.05, 0) is 37.0 Å². The van der Waals surface area contributed by atoms with Crippen LogP contribution in [0.5, 0.6) is 0 Å². The van der Waals surface area contributed by atoms with Crippen LogP contribution >= 0.6 is 0 Å². The van der Waals surface area contributed by atoms with E-state index < -0.39 is 0 Å². The summed E-state index contributed by atoms with van der Waals surface area (Å²) >= 11 is 0. The number of para-hydroxylation sites is 1. The van der Waals surface area contributed by atoms with Gasteiger partial charge in [0.1, 0.15) is 5.60 Å². The predicted molar refractivity (Wildman–Crippen MR) is 96.3 cm³/mol. The van der Waals surface area contributed by atoms with Gasteiger partial charge in [0.25, 0.3) is 0 Å². The number of likely N-dealkylation sites (tertiary alicyclic amines) is 1. The summed E-state index contributed by atoms with van der Waals surface area (Å²) in [6.07, 6.45) is 5.00. The van der Waals surface area contributed by atoms with Crippen LogP contribution in [0.15, 0.2) is 36.5 Å². The van der Waals surface area contributed by atoms with Crippen molar-refractivity contribution in [3.05, 3.63) is 47.8 Å². The summed E-state index contributed by atoms with van der Waals surface area (Å²) in [4.78, 5) is 2.42. The monoisotopic (exact) mass is 355 g/mol. The molecule has 0 saturated carbocycles. The van der Waals surface area contributed by atoms with E-state index in [9.17, 15) is 0 Å². The van der Waals surface area contributed by atoms with Crippen molar-refractivity contribution >= 4 is 0 Å². The Kier molecular flexibility index (Phi) is 4.29. The second-order valence-corrected chi connectivity index (χ2v) is 7.35. The van der Waals surface area contributed by atoms with Crippen LogP contribution in [0.4, 0.5) is 0 Å². The molecule has 0 unspecified atom stereocenters. The van der Waals surface area contributed by atoms with E-state index in [-0.39, 0.29) is 11.9 Å². The third-order valence-corrected chi connectivity index (χ3v) is 5.75. The Morgan fingerprint density at radius 2 is 1.81 bits per heavy atom. The van der Waals surface area contributed by atoms with Gasteiger partial charge in [0, 0.05) is 25.8 Å². The van der Waals surface area contributed by atoms with Crippen LogP contribution < -0.4 is 0 Å². The second-order valence-electron chi connectivity index (χ2n) is 7.35. The Balaban J connectivity index is 1.34. The Hall–Kier alpha value is -1.73. The van der Waals surface area contributed by atoms with E-state index in [0.717, 1.165) is 56.9 Å². The summed E-state index contributed by atoms with van der Waals surface area (Å²) in [6, 6.07) is 10.3. The number of hydrogen-bond acceptors (Lipinski definition) is 5. The normalized spacial score (nSPS) is 23.4. The van der Waals surface area contributed by atoms with Gasteiger partial charge in [-0.1, -0.05) is 18.2 Å². The minimum absolute atomic E-state index is 0.0656. The molecule has 1 aromatic heterocycles. The van der Waals surface area contributed by atoms with E-state index in [1.807, 2.05) is 22.9 Å². The molecule has 6 heteroatoms. The van der Waals surface area contributed by atoms with Crippen LogP contribution in [0.3, 0.4) is 0 Å². The molecule has 0 bridgehead atoms. The van der Waals surface area contributed by atoms with E-state index in [2.05, 4.69) is 23.2 Å². The van der Waals surface area contributed by atoms with Crippen LogP contribution in [0, 0.1) is 0 Å². The maximum Gasteiger partial charge on any atom is 0.170 e. The molecule has 26 heavy (non-hydrogen) atoms. The lowest BCUT2D eigenvalue weighted by atomic mass is 9.84. The summed E-state index contributed by atoms with van der Waals surface area (Å²) in [5.41, 5.74) is 3.34. The van der Waals surface area contributed by atoms with Gasteiger partial charge in [-0.25, -0.2) is 4.68 Å². The van der Waals surface area contributed by atoms with E-state index in [1.165, 1.54) is 5.56 Å². The molecule has 6 nitrogen and oxygen atoms in total. The second kappa shape index (κ2) is 6.78. The number of hydrogen-bond donors (Lipinski definition) is 0. The molecule has 1 aromatic carbocycles. The SMILES string of the molecule is c1ccc(-n2cc3c(n2)C2(CCN(CC4OCCO4)CC2)OCC3)cc1. The minimum atomic E-state index is -0.235. The first-order valence-electron chi connectivity index (χ1n) is 9.56. The number of piperidine rings is 1. The number of nitrogens with zero attached hydrogens (tertiary/aromatic N) is 3. The highest BCUT2D eigenvalue weighted by Gasteiger charge is 2.43. The first-order valence-corrected chi connectivity index (χ1v) is 9.56. The lowest BCUT2D eigenvalue weighted by Gasteiger charge is -2.43. The molecule has 0 amide bonds. The number of benzene rings is 1. The van der Waals surface area contributed by atoms with Crippen molar-refractivity contribution in [3.8, 4) is 5.69 Å². The largest absolute Gasteiger partial charge is 0.368 e. The zero-order valence-electron chi connectivity index (χ0n) is 15.0. The molecule has 0 aliphatic carbocycles. The summed E-state index contributed by atoms with van der Waals surface area (Å²) in [5, 5.41) is 4.95. The highest BCUT2D eigenvalue weighted by Crippen LogP contribution is 2.41. The molecule has 3 aliphatic heterocycles. The van der Waals surface area contributed by atoms with Crippen molar-refractivity contribution in [1.29, 1.82) is 0 Å². The third kappa shape index (κ3) is 2.97. The highest BCUT2D eigenvalue weighted by atomic mass is 16.7. The van der Waals surface area contributed by atoms with Gasteiger partial charge in [-0.2, -0.15) is 5.10 Å². The van der Waals surface area contributed by atoms with Gasteiger partial charge < -0.3 is 14.2 Å². The predicted octanol–water partition coefficient (Wildman–Crippen LogP) is 2.11. The Morgan fingerprint density at radius 1 is 1.04 bits per heavy atom. The number of ether oxygens (including phenoxy) is 3. The van der Waals surface area contributed by atoms with E-state index in [0.29, 0.717) is 13.2 Å². The molecule has 4 heterocycles. The molecule has 3 aliphatic rings. The van der Waals surface area contributed by atoms with Crippen molar-refractivity contribution in [1.82, 2.24) is 14.7 Å². The first kappa shape index (κ1) is 16.4. The zero-order valence-corrected chi connectivity index (χ0v) is 15.0. The molecule has 0 radical (unpaired) electrons. The number of aromatic nitrogens is 2. The summed E-state index contributed by atoms with van der Waals surface area (Å²) in [6.45, 7) is 5.03. The van der Waals surface area contributed by atoms with Crippen LogP contribution in [0.2, 0.25) is 0 Å². The van der Waals surface area contributed by atoms with Crippen LogP contribution in [-0.4, -0.2) is 60.4 Å². The molecule has 2 fully saturated rings. The molecule has 2 aromatic rings. The third-order valence-electron chi connectivity index (χ3n) is 5.75. The van der Waals surface area contributed by atoms with Gasteiger partial charge in [0.15, 0.2) is 6.29 Å². The lowest BCUT2D eigenvalue weighted by molar-refractivity contribution is -0.117. The standard InChI is InChI=1S/C20H25N3O3/c1-2-4-17(5-3-1)23-14-16-6-11-26-20(19(16)21-23)7-9-22(10-8-20)15-18-24-12-13-25-18/h1-5,14,18H,6-13,15H2. The molecular formula is C20H25N3O3. The van der Waals surface area contributed by atoms with Gasteiger partial charge in [-0.3, -0.25) is 4.90 Å². The average molecular weight is 355 g/mol. The van der Waals surface area contributed by atoms with Crippen LogP contribution in [-0.2, 0) is 26.2 Å². The van der Waals surface area contributed by atoms with Crippen LogP contribution in [0.25, 0.3) is 5.69 Å². The molecule has 0 N–H and O–H groups in total. The molecular weight excluding hydrogens is 330 g/mol. The fraction of sp³-hybridized carbons (Fsp3) is 0.550. The van der Waals surface area contributed by atoms with Gasteiger partial charge in [0.2, 0.25) is 0 Å². The van der Waals surface area contributed by atoms with Gasteiger partial charge in [0.05, 0.1) is 31.2 Å². The van der Waals surface area contributed by atoms with E-state index >= 15 is 0 Å². The van der Waals surface area contributed by atoms with Crippen molar-refractivity contribution in [3.63, 3.8) is 0 Å². The summed E-state index contributed by atoms with van der Waals surface area (Å²) in [5.74, 6) is 0. The molecule has 5 rings (SSSR count). The Morgan fingerprint density at radius 3 is 2.58 bits per heavy atom. The van der Waals surface area contributed by atoms with Gasteiger partial charge in [-0.15, -0.1) is 0 Å². The van der Waals surface area contributed by atoms with Gasteiger partial charge >= 0.3 is 0 Å². The Bertz CT molecular complexity index is 747. The quantitative estimate of drug-likeness (QED) is 0.844. The summed E-state index contributed by atoms with van der Waals surface area (Å²) in [7, 11) is 0. The van der Waals surface area contributed by atoms with E-state index in [1.54, 1.807) is 0 Å². The summed E-state index contributed by atoms with van der Waals surface area (Å²) < 4.78 is 19.5. The van der Waals surface area contributed by atoms with Crippen molar-refractivity contribution in [2.24, 2.45) is 0 Å². The van der Waals surface area contributed by atoms with Crippen molar-refractivity contribution in [2.75, 3.05) is 39.5 Å². The highest BCUT2D eigenvalue weighted by molar-refractivity contribution is 5.35. The minimum Gasteiger partial charge on any atom is -0.368 e. The maximum absolute atomic E-state index is 6.34. The fourth-order valence-electron chi connectivity index (χ4n) is 4.32. The van der Waals surface area contributed by atoms with Crippen molar-refractivity contribution < 1.29 is 14.2 Å². The fourth-order valence-corrected chi connectivity index (χ4v) is 4.32. The molecule has 0 atom stereocenters. The topological polar surface area (TPSA) is 48.8 Å². The average Bonchev–Trinajstić information content (AvgIpc) is 3.35. The van der Waals surface area contributed by atoms with Crippen molar-refractivity contribution in [2.45, 2.75) is 31.2 Å². The molecule has 138 valence electrons. The van der Waals surface area contributed by atoms with Crippen LogP contribution in [0.1, 0.15) is 24.1 Å². The maximum atomic E-state index is 6.34. The van der Waals surface area contributed by atoms with E-state index in [4.69, 9.17) is 19.3 Å². The lowest BCUT2D eigenvalue weighted by Crippen LogP contribution is -2.48.